The number of benzene rings is 1. The Bertz CT molecular complexity index is 560. The van der Waals surface area contributed by atoms with E-state index < -0.39 is 11.6 Å². The number of aryl methyl sites for hydroxylation is 1. The molecule has 21 heavy (non-hydrogen) atoms. The van der Waals surface area contributed by atoms with Gasteiger partial charge in [0.2, 0.25) is 0 Å². The Morgan fingerprint density at radius 2 is 1.71 bits per heavy atom. The lowest BCUT2D eigenvalue weighted by Crippen LogP contribution is -2.24. The molecule has 0 amide bonds. The summed E-state index contributed by atoms with van der Waals surface area (Å²) >= 11 is 1.77. The first-order valence-corrected chi connectivity index (χ1v) is 8.21. The molecule has 1 N–H and O–H groups in total. The summed E-state index contributed by atoms with van der Waals surface area (Å²) in [5.41, 5.74) is 0.674. The molecule has 1 unspecified atom stereocenters. The first kappa shape index (κ1) is 16.1. The van der Waals surface area contributed by atoms with Crippen LogP contribution in [0, 0.1) is 11.6 Å². The van der Waals surface area contributed by atoms with Crippen LogP contribution in [-0.2, 0) is 12.8 Å². The van der Waals surface area contributed by atoms with Crippen molar-refractivity contribution in [2.75, 3.05) is 6.54 Å². The Labute approximate surface area is 129 Å². The second kappa shape index (κ2) is 7.66. The third kappa shape index (κ3) is 4.61. The maximum absolute atomic E-state index is 13.4. The molecule has 0 spiro atoms. The molecule has 0 fully saturated rings. The zero-order valence-corrected chi connectivity index (χ0v) is 13.3. The molecule has 0 saturated carbocycles. The predicted octanol–water partition coefficient (Wildman–Crippen LogP) is 4.87. The van der Waals surface area contributed by atoms with Gasteiger partial charge in [-0.2, -0.15) is 0 Å². The second-order valence-corrected chi connectivity index (χ2v) is 6.39. The molecule has 0 aliphatic carbocycles. The van der Waals surface area contributed by atoms with E-state index in [1.807, 2.05) is 0 Å². The maximum atomic E-state index is 13.4. The summed E-state index contributed by atoms with van der Waals surface area (Å²) in [6.45, 7) is 5.04. The fourth-order valence-electron chi connectivity index (χ4n) is 2.33. The zero-order chi connectivity index (χ0) is 15.2. The van der Waals surface area contributed by atoms with E-state index in [1.54, 1.807) is 11.3 Å². The number of halogens is 2. The molecular formula is C17H21F2NS. The quantitative estimate of drug-likeness (QED) is 0.769. The highest BCUT2D eigenvalue weighted by Crippen LogP contribution is 2.25. The summed E-state index contributed by atoms with van der Waals surface area (Å²) in [7, 11) is 0. The van der Waals surface area contributed by atoms with Crippen LogP contribution in [0.5, 0.6) is 0 Å². The number of thiophene rings is 1. The Morgan fingerprint density at radius 1 is 1.05 bits per heavy atom. The van der Waals surface area contributed by atoms with Crippen LogP contribution in [0.2, 0.25) is 0 Å². The third-order valence-electron chi connectivity index (χ3n) is 3.40. The molecule has 2 rings (SSSR count). The SMILES string of the molecule is CCCNC(Cc1ccc(CC)s1)c1cc(F)cc(F)c1. The van der Waals surface area contributed by atoms with E-state index >= 15 is 0 Å². The minimum absolute atomic E-state index is 0.0569. The van der Waals surface area contributed by atoms with Crippen molar-refractivity contribution in [2.45, 2.75) is 39.2 Å². The Balaban J connectivity index is 2.20. The van der Waals surface area contributed by atoms with E-state index in [-0.39, 0.29) is 6.04 Å². The minimum atomic E-state index is -0.520. The van der Waals surface area contributed by atoms with Gasteiger partial charge in [-0.15, -0.1) is 11.3 Å². The fourth-order valence-corrected chi connectivity index (χ4v) is 3.33. The average molecular weight is 309 g/mol. The predicted molar refractivity (Wildman–Crippen MR) is 84.8 cm³/mol. The topological polar surface area (TPSA) is 12.0 Å². The molecule has 0 aliphatic rings. The molecule has 0 bridgehead atoms. The summed E-state index contributed by atoms with van der Waals surface area (Å²) in [6.07, 6.45) is 2.76. The van der Waals surface area contributed by atoms with Crippen molar-refractivity contribution in [3.8, 4) is 0 Å². The molecule has 4 heteroatoms. The van der Waals surface area contributed by atoms with Crippen LogP contribution in [0.3, 0.4) is 0 Å². The summed E-state index contributed by atoms with van der Waals surface area (Å²) in [6, 6.07) is 7.94. The van der Waals surface area contributed by atoms with Crippen molar-refractivity contribution in [3.63, 3.8) is 0 Å². The van der Waals surface area contributed by atoms with Gasteiger partial charge in [0.1, 0.15) is 11.6 Å². The van der Waals surface area contributed by atoms with E-state index in [0.29, 0.717) is 5.56 Å². The van der Waals surface area contributed by atoms with Gasteiger partial charge in [-0.3, -0.25) is 0 Å². The lowest BCUT2D eigenvalue weighted by Gasteiger charge is -2.18. The van der Waals surface area contributed by atoms with Gasteiger partial charge in [0, 0.05) is 28.3 Å². The fraction of sp³-hybridized carbons (Fsp3) is 0.412. The largest absolute Gasteiger partial charge is 0.310 e. The van der Waals surface area contributed by atoms with Crippen molar-refractivity contribution in [1.29, 1.82) is 0 Å². The molecule has 1 aromatic heterocycles. The molecule has 2 aromatic rings. The van der Waals surface area contributed by atoms with Crippen molar-refractivity contribution in [1.82, 2.24) is 5.32 Å². The highest BCUT2D eigenvalue weighted by Gasteiger charge is 2.15. The van der Waals surface area contributed by atoms with Crippen LogP contribution in [0.1, 0.15) is 41.6 Å². The normalized spacial score (nSPS) is 12.6. The van der Waals surface area contributed by atoms with Gasteiger partial charge in [-0.25, -0.2) is 8.78 Å². The lowest BCUT2D eigenvalue weighted by molar-refractivity contribution is 0.517. The van der Waals surface area contributed by atoms with Crippen molar-refractivity contribution in [2.24, 2.45) is 0 Å². The van der Waals surface area contributed by atoms with Crippen LogP contribution in [-0.4, -0.2) is 6.54 Å². The molecule has 114 valence electrons. The second-order valence-electron chi connectivity index (χ2n) is 5.14. The van der Waals surface area contributed by atoms with Crippen LogP contribution in [0.15, 0.2) is 30.3 Å². The summed E-state index contributed by atoms with van der Waals surface area (Å²) in [5, 5.41) is 3.39. The van der Waals surface area contributed by atoms with Gasteiger partial charge >= 0.3 is 0 Å². The van der Waals surface area contributed by atoms with Crippen molar-refractivity contribution >= 4 is 11.3 Å². The van der Waals surface area contributed by atoms with Gasteiger partial charge < -0.3 is 5.32 Å². The molecule has 0 radical (unpaired) electrons. The molecule has 1 aromatic carbocycles. The maximum Gasteiger partial charge on any atom is 0.126 e. The van der Waals surface area contributed by atoms with Crippen LogP contribution < -0.4 is 5.32 Å². The molecule has 0 aliphatic heterocycles. The standard InChI is InChI=1S/C17H21F2NS/c1-3-7-20-17(11-16-6-5-15(4-2)21-16)12-8-13(18)10-14(19)9-12/h5-6,8-10,17,20H,3-4,7,11H2,1-2H3. The molecule has 1 atom stereocenters. The van der Waals surface area contributed by atoms with Gasteiger partial charge in [0.05, 0.1) is 0 Å². The summed E-state index contributed by atoms with van der Waals surface area (Å²) in [4.78, 5) is 2.58. The summed E-state index contributed by atoms with van der Waals surface area (Å²) in [5.74, 6) is -1.04. The van der Waals surface area contributed by atoms with Crippen LogP contribution >= 0.6 is 11.3 Å². The molecule has 1 heterocycles. The number of rotatable bonds is 7. The highest BCUT2D eigenvalue weighted by atomic mass is 32.1. The first-order chi connectivity index (χ1) is 10.1. The number of hydrogen-bond donors (Lipinski definition) is 1. The average Bonchev–Trinajstić information content (AvgIpc) is 2.90. The third-order valence-corrected chi connectivity index (χ3v) is 4.65. The lowest BCUT2D eigenvalue weighted by atomic mass is 10.0. The molecular weight excluding hydrogens is 288 g/mol. The van der Waals surface area contributed by atoms with Gasteiger partial charge in [-0.1, -0.05) is 13.8 Å². The molecule has 1 nitrogen and oxygen atoms in total. The van der Waals surface area contributed by atoms with Gasteiger partial charge in [0.25, 0.3) is 0 Å². The van der Waals surface area contributed by atoms with E-state index in [0.717, 1.165) is 31.9 Å². The Kier molecular flexibility index (Phi) is 5.88. The minimum Gasteiger partial charge on any atom is -0.310 e. The number of nitrogens with one attached hydrogen (secondary N) is 1. The van der Waals surface area contributed by atoms with E-state index in [2.05, 4.69) is 31.3 Å². The zero-order valence-electron chi connectivity index (χ0n) is 12.5. The van der Waals surface area contributed by atoms with E-state index in [4.69, 9.17) is 0 Å². The van der Waals surface area contributed by atoms with Crippen LogP contribution in [0.4, 0.5) is 8.78 Å². The van der Waals surface area contributed by atoms with Crippen LogP contribution in [0.25, 0.3) is 0 Å². The van der Waals surface area contributed by atoms with E-state index in [9.17, 15) is 8.78 Å². The van der Waals surface area contributed by atoms with Gasteiger partial charge in [-0.05, 0) is 49.2 Å². The highest BCUT2D eigenvalue weighted by molar-refractivity contribution is 7.11. The van der Waals surface area contributed by atoms with Crippen molar-refractivity contribution in [3.05, 3.63) is 57.3 Å². The van der Waals surface area contributed by atoms with Gasteiger partial charge in [0.15, 0.2) is 0 Å². The van der Waals surface area contributed by atoms with E-state index in [1.165, 1.54) is 21.9 Å². The van der Waals surface area contributed by atoms with Crippen molar-refractivity contribution < 1.29 is 8.78 Å². The Morgan fingerprint density at radius 3 is 2.29 bits per heavy atom. The Hall–Kier alpha value is -1.26. The first-order valence-electron chi connectivity index (χ1n) is 7.39. The summed E-state index contributed by atoms with van der Waals surface area (Å²) < 4.78 is 26.9. The molecule has 0 saturated heterocycles. The number of hydrogen-bond acceptors (Lipinski definition) is 2. The smallest absolute Gasteiger partial charge is 0.126 e. The monoisotopic (exact) mass is 309 g/mol.